The van der Waals surface area contributed by atoms with E-state index in [2.05, 4.69) is 219 Å². The molecule has 0 aromatic heterocycles. The van der Waals surface area contributed by atoms with E-state index in [1.54, 1.807) is 0 Å². The number of nitrogens with zero attached hydrogens (tertiary/aromatic N) is 1. The second-order valence-electron chi connectivity index (χ2n) is 14.4. The molecule has 54 heavy (non-hydrogen) atoms. The maximum absolute atomic E-state index is 2.49. The topological polar surface area (TPSA) is 3.24 Å². The van der Waals surface area contributed by atoms with Crippen LogP contribution in [0.4, 0.5) is 17.1 Å². The van der Waals surface area contributed by atoms with Crippen molar-refractivity contribution in [3.8, 4) is 55.6 Å². The minimum atomic E-state index is -0.0948. The highest BCUT2D eigenvalue weighted by Crippen LogP contribution is 2.55. The number of hydrogen-bond donors (Lipinski definition) is 0. The zero-order valence-corrected chi connectivity index (χ0v) is 30.9. The van der Waals surface area contributed by atoms with Gasteiger partial charge in [-0.1, -0.05) is 178 Å². The molecule has 0 spiro atoms. The van der Waals surface area contributed by atoms with Crippen molar-refractivity contribution in [1.29, 1.82) is 0 Å². The van der Waals surface area contributed by atoms with E-state index < -0.39 is 0 Å². The van der Waals surface area contributed by atoms with Gasteiger partial charge in [-0.2, -0.15) is 0 Å². The Morgan fingerprint density at radius 3 is 1.31 bits per heavy atom. The molecule has 8 aromatic carbocycles. The molecule has 0 saturated heterocycles. The number of fused-ring (bicyclic) bond motifs is 3. The number of benzene rings is 8. The lowest BCUT2D eigenvalue weighted by Crippen LogP contribution is -2.23. The van der Waals surface area contributed by atoms with E-state index >= 15 is 0 Å². The van der Waals surface area contributed by atoms with Gasteiger partial charge in [0, 0.05) is 22.4 Å². The number of para-hydroxylation sites is 1. The molecule has 0 amide bonds. The number of rotatable bonds is 9. The normalized spacial score (nSPS) is 12.6. The molecule has 1 heteroatoms. The third-order valence-corrected chi connectivity index (χ3v) is 11.6. The molecule has 0 fully saturated rings. The lowest BCUT2D eigenvalue weighted by molar-refractivity contribution is 0.490. The summed E-state index contributed by atoms with van der Waals surface area (Å²) < 4.78 is 0. The molecule has 1 aliphatic rings. The highest BCUT2D eigenvalue weighted by Gasteiger charge is 2.41. The highest BCUT2D eigenvalue weighted by molar-refractivity contribution is 5.91. The Bertz CT molecular complexity index is 2530. The third kappa shape index (κ3) is 5.83. The molecule has 260 valence electrons. The van der Waals surface area contributed by atoms with E-state index in [1.165, 1.54) is 72.4 Å². The van der Waals surface area contributed by atoms with Crippen molar-refractivity contribution in [2.24, 2.45) is 0 Å². The molecule has 0 bridgehead atoms. The zero-order chi connectivity index (χ0) is 36.5. The molecule has 1 nitrogen and oxygen atoms in total. The molecule has 1 aliphatic carbocycles. The van der Waals surface area contributed by atoms with Gasteiger partial charge in [0.25, 0.3) is 0 Å². The Kier molecular flexibility index (Phi) is 8.77. The van der Waals surface area contributed by atoms with Crippen LogP contribution in [-0.4, -0.2) is 0 Å². The first-order chi connectivity index (χ1) is 26.7. The molecule has 0 radical (unpaired) electrons. The van der Waals surface area contributed by atoms with Gasteiger partial charge in [0.1, 0.15) is 0 Å². The van der Waals surface area contributed by atoms with Gasteiger partial charge in [-0.3, -0.25) is 0 Å². The molecule has 0 aliphatic heterocycles. The first-order valence-electron chi connectivity index (χ1n) is 19.2. The molecule has 0 N–H and O–H groups in total. The Balaban J connectivity index is 1.16. The Morgan fingerprint density at radius 1 is 0.333 bits per heavy atom. The van der Waals surface area contributed by atoms with Gasteiger partial charge in [-0.15, -0.1) is 0 Å². The van der Waals surface area contributed by atoms with Crippen LogP contribution in [-0.2, 0) is 5.41 Å². The highest BCUT2D eigenvalue weighted by atomic mass is 15.1. The first-order valence-corrected chi connectivity index (χ1v) is 19.2. The predicted octanol–water partition coefficient (Wildman–Crippen LogP) is 14.9. The number of hydrogen-bond acceptors (Lipinski definition) is 1. The van der Waals surface area contributed by atoms with Gasteiger partial charge in [-0.05, 0) is 110 Å². The van der Waals surface area contributed by atoms with Crippen molar-refractivity contribution >= 4 is 17.1 Å². The minimum absolute atomic E-state index is 0.0948. The van der Waals surface area contributed by atoms with Crippen LogP contribution in [0.25, 0.3) is 55.6 Å². The summed E-state index contributed by atoms with van der Waals surface area (Å²) in [5.41, 5.74) is 18.8. The van der Waals surface area contributed by atoms with Crippen LogP contribution in [0.3, 0.4) is 0 Å². The van der Waals surface area contributed by atoms with Crippen molar-refractivity contribution in [3.63, 3.8) is 0 Å². The quantitative estimate of drug-likeness (QED) is 0.145. The van der Waals surface area contributed by atoms with Crippen molar-refractivity contribution in [1.82, 2.24) is 0 Å². The fourth-order valence-electron chi connectivity index (χ4n) is 8.69. The van der Waals surface area contributed by atoms with E-state index in [0.717, 1.165) is 24.2 Å². The first kappa shape index (κ1) is 33.4. The van der Waals surface area contributed by atoms with Crippen molar-refractivity contribution < 1.29 is 0 Å². The average Bonchev–Trinajstić information content (AvgIpc) is 3.53. The van der Waals surface area contributed by atoms with E-state index in [-0.39, 0.29) is 5.41 Å². The average molecular weight is 694 g/mol. The molecule has 0 atom stereocenters. The van der Waals surface area contributed by atoms with Crippen LogP contribution < -0.4 is 4.90 Å². The SMILES string of the molecule is CCC1(CC)c2cc(-c3ccc(-c4ccccc4)cc3)ccc2-c2ccc(N(c3ccc(-c4ccccc4)cc3)c3ccccc3-c3ccccc3)cc21. The van der Waals surface area contributed by atoms with Gasteiger partial charge in [0.2, 0.25) is 0 Å². The zero-order valence-electron chi connectivity index (χ0n) is 30.9. The molecule has 0 saturated carbocycles. The standard InChI is InChI=1S/C53H43N/c1-3-53(4-2)50-36-44(42-26-24-40(25-27-42)38-16-8-5-9-17-38)30-34-48(50)49-35-33-46(37-51(49)53)54(45-31-28-41(29-32-45)39-18-10-6-11-19-39)52-23-15-14-22-47(52)43-20-12-7-13-21-43/h5-37H,3-4H2,1-2H3. The fourth-order valence-corrected chi connectivity index (χ4v) is 8.69. The largest absolute Gasteiger partial charge is 0.310 e. The molecule has 0 unspecified atom stereocenters. The van der Waals surface area contributed by atoms with Gasteiger partial charge in [0.05, 0.1) is 5.69 Å². The second kappa shape index (κ2) is 14.2. The maximum Gasteiger partial charge on any atom is 0.0540 e. The summed E-state index contributed by atoms with van der Waals surface area (Å²) in [6.45, 7) is 4.72. The molecule has 0 heterocycles. The summed E-state index contributed by atoms with van der Waals surface area (Å²) >= 11 is 0. The Hall–Kier alpha value is -6.44. The summed E-state index contributed by atoms with van der Waals surface area (Å²) in [5, 5.41) is 0. The fraction of sp³-hybridized carbons (Fsp3) is 0.0943. The van der Waals surface area contributed by atoms with Crippen LogP contribution in [0.2, 0.25) is 0 Å². The Morgan fingerprint density at radius 2 is 0.741 bits per heavy atom. The van der Waals surface area contributed by atoms with Gasteiger partial charge < -0.3 is 4.90 Å². The van der Waals surface area contributed by atoms with Crippen LogP contribution in [0.15, 0.2) is 200 Å². The van der Waals surface area contributed by atoms with Gasteiger partial charge >= 0.3 is 0 Å². The van der Waals surface area contributed by atoms with Crippen LogP contribution >= 0.6 is 0 Å². The summed E-state index contributed by atoms with van der Waals surface area (Å²) in [6.07, 6.45) is 2.05. The molecular weight excluding hydrogens is 651 g/mol. The lowest BCUT2D eigenvalue weighted by atomic mass is 9.73. The summed E-state index contributed by atoms with van der Waals surface area (Å²) in [6, 6.07) is 73.3. The third-order valence-electron chi connectivity index (χ3n) is 11.6. The van der Waals surface area contributed by atoms with Crippen molar-refractivity contribution in [2.75, 3.05) is 4.90 Å². The molecule has 9 rings (SSSR count). The summed E-state index contributed by atoms with van der Waals surface area (Å²) in [5.74, 6) is 0. The van der Waals surface area contributed by atoms with Crippen molar-refractivity contribution in [2.45, 2.75) is 32.1 Å². The Labute approximate surface area is 319 Å². The van der Waals surface area contributed by atoms with Crippen LogP contribution in [0.5, 0.6) is 0 Å². The monoisotopic (exact) mass is 693 g/mol. The smallest absolute Gasteiger partial charge is 0.0540 e. The summed E-state index contributed by atoms with van der Waals surface area (Å²) in [7, 11) is 0. The van der Waals surface area contributed by atoms with Gasteiger partial charge in [0.15, 0.2) is 0 Å². The van der Waals surface area contributed by atoms with E-state index in [9.17, 15) is 0 Å². The lowest BCUT2D eigenvalue weighted by Gasteiger charge is -2.32. The minimum Gasteiger partial charge on any atom is -0.310 e. The second-order valence-corrected chi connectivity index (χ2v) is 14.4. The van der Waals surface area contributed by atoms with E-state index in [1.807, 2.05) is 0 Å². The predicted molar refractivity (Wildman–Crippen MR) is 230 cm³/mol. The molecular formula is C53H43N. The van der Waals surface area contributed by atoms with Gasteiger partial charge in [-0.25, -0.2) is 0 Å². The van der Waals surface area contributed by atoms with Crippen LogP contribution in [0.1, 0.15) is 37.8 Å². The molecule has 8 aromatic rings. The number of anilines is 3. The summed E-state index contributed by atoms with van der Waals surface area (Å²) in [4.78, 5) is 2.45. The van der Waals surface area contributed by atoms with Crippen molar-refractivity contribution in [3.05, 3.63) is 211 Å². The van der Waals surface area contributed by atoms with Crippen LogP contribution in [0, 0.1) is 0 Å². The maximum atomic E-state index is 2.49. The van der Waals surface area contributed by atoms with E-state index in [0.29, 0.717) is 0 Å². The van der Waals surface area contributed by atoms with E-state index in [4.69, 9.17) is 0 Å².